The first kappa shape index (κ1) is 16.3. The van der Waals surface area contributed by atoms with E-state index in [9.17, 15) is 14.3 Å². The number of pyridine rings is 1. The summed E-state index contributed by atoms with van der Waals surface area (Å²) >= 11 is 0. The number of carboxylic acid groups (broad SMARTS) is 1. The molecule has 1 N–H and O–H groups in total. The highest BCUT2D eigenvalue weighted by molar-refractivity contribution is 5.99. The van der Waals surface area contributed by atoms with Crippen LogP contribution in [0.1, 0.15) is 41.4 Å². The number of carboxylic acids is 1. The summed E-state index contributed by atoms with van der Waals surface area (Å²) in [6, 6.07) is 5.85. The van der Waals surface area contributed by atoms with Gasteiger partial charge in [-0.2, -0.15) is 0 Å². The number of rotatable bonds is 3. The van der Waals surface area contributed by atoms with Crippen LogP contribution in [0.2, 0.25) is 0 Å². The second-order valence-corrected chi connectivity index (χ2v) is 6.52. The summed E-state index contributed by atoms with van der Waals surface area (Å²) in [7, 11) is 0. The molecule has 2 aromatic heterocycles. The number of hydrogen-bond donors (Lipinski definition) is 1. The Kier molecular flexibility index (Phi) is 3.75. The zero-order valence-corrected chi connectivity index (χ0v) is 14.3. The highest BCUT2D eigenvalue weighted by Gasteiger charge is 2.31. The Morgan fingerprint density at radius 3 is 2.65 bits per heavy atom. The molecule has 3 heterocycles. The van der Waals surface area contributed by atoms with Gasteiger partial charge in [0.2, 0.25) is 5.82 Å². The number of aromatic carboxylic acids is 1. The second kappa shape index (κ2) is 5.98. The Morgan fingerprint density at radius 2 is 2.00 bits per heavy atom. The van der Waals surface area contributed by atoms with Crippen LogP contribution in [-0.2, 0) is 13.0 Å². The molecule has 7 nitrogen and oxygen atoms in total. The van der Waals surface area contributed by atoms with Crippen molar-refractivity contribution in [3.05, 3.63) is 46.9 Å². The van der Waals surface area contributed by atoms with Crippen molar-refractivity contribution in [2.75, 3.05) is 0 Å². The maximum Gasteiger partial charge on any atom is 0.338 e. The summed E-state index contributed by atoms with van der Waals surface area (Å²) in [5, 5.41) is 21.6. The molecule has 0 aliphatic carbocycles. The van der Waals surface area contributed by atoms with Gasteiger partial charge in [-0.05, 0) is 46.0 Å². The third-order valence-electron chi connectivity index (χ3n) is 4.54. The van der Waals surface area contributed by atoms with Crippen LogP contribution in [-0.4, -0.2) is 36.3 Å². The summed E-state index contributed by atoms with van der Waals surface area (Å²) < 4.78 is 15.1. The summed E-state index contributed by atoms with van der Waals surface area (Å²) in [5.41, 5.74) is 3.21. The SMILES string of the molecule is CC(C)c1nc2c(c(-c3ccc(F)cc3)c1C(=O)O)CCn1nnnc1-2. The lowest BCUT2D eigenvalue weighted by atomic mass is 9.87. The number of tetrazole rings is 1. The van der Waals surface area contributed by atoms with Crippen LogP contribution in [0.5, 0.6) is 0 Å². The van der Waals surface area contributed by atoms with E-state index < -0.39 is 5.97 Å². The molecule has 8 heteroatoms. The molecule has 1 aromatic carbocycles. The number of nitrogens with zero attached hydrogens (tertiary/aromatic N) is 5. The van der Waals surface area contributed by atoms with Gasteiger partial charge >= 0.3 is 5.97 Å². The van der Waals surface area contributed by atoms with Crippen molar-refractivity contribution in [3.8, 4) is 22.6 Å². The Labute approximate surface area is 148 Å². The maximum atomic E-state index is 13.4. The predicted octanol–water partition coefficient (Wildman–Crippen LogP) is 2.92. The van der Waals surface area contributed by atoms with E-state index in [1.54, 1.807) is 16.8 Å². The van der Waals surface area contributed by atoms with Gasteiger partial charge < -0.3 is 5.11 Å². The van der Waals surface area contributed by atoms with Crippen molar-refractivity contribution in [3.63, 3.8) is 0 Å². The summed E-state index contributed by atoms with van der Waals surface area (Å²) in [5.74, 6) is -1.01. The van der Waals surface area contributed by atoms with Gasteiger partial charge in [0.05, 0.1) is 11.3 Å². The quantitative estimate of drug-likeness (QED) is 0.778. The number of carbonyl (C=O) groups is 1. The number of halogens is 1. The molecular formula is C18H16FN5O2. The van der Waals surface area contributed by atoms with E-state index in [0.29, 0.717) is 41.3 Å². The van der Waals surface area contributed by atoms with Crippen LogP contribution in [0.25, 0.3) is 22.6 Å². The van der Waals surface area contributed by atoms with E-state index in [-0.39, 0.29) is 17.3 Å². The molecule has 0 bridgehead atoms. The minimum atomic E-state index is -1.05. The van der Waals surface area contributed by atoms with Crippen molar-refractivity contribution >= 4 is 5.97 Å². The van der Waals surface area contributed by atoms with Gasteiger partial charge in [0.1, 0.15) is 11.5 Å². The van der Waals surface area contributed by atoms with Crippen LogP contribution < -0.4 is 0 Å². The molecule has 0 fully saturated rings. The topological polar surface area (TPSA) is 93.8 Å². The fourth-order valence-electron chi connectivity index (χ4n) is 3.38. The molecule has 26 heavy (non-hydrogen) atoms. The van der Waals surface area contributed by atoms with Crippen LogP contribution in [0, 0.1) is 5.82 Å². The molecule has 0 atom stereocenters. The molecule has 0 saturated carbocycles. The van der Waals surface area contributed by atoms with Crippen LogP contribution in [0.15, 0.2) is 24.3 Å². The fourth-order valence-corrected chi connectivity index (χ4v) is 3.38. The first-order valence-corrected chi connectivity index (χ1v) is 8.30. The van der Waals surface area contributed by atoms with Gasteiger partial charge in [0.15, 0.2) is 0 Å². The van der Waals surface area contributed by atoms with Gasteiger partial charge in [0, 0.05) is 12.1 Å². The zero-order chi connectivity index (χ0) is 18.4. The van der Waals surface area contributed by atoms with E-state index in [0.717, 1.165) is 5.56 Å². The number of aromatic nitrogens is 5. The third kappa shape index (κ3) is 2.45. The highest BCUT2D eigenvalue weighted by atomic mass is 19.1. The summed E-state index contributed by atoms with van der Waals surface area (Å²) in [4.78, 5) is 16.7. The van der Waals surface area contributed by atoms with Gasteiger partial charge in [-0.25, -0.2) is 18.9 Å². The molecule has 0 saturated heterocycles. The molecule has 0 spiro atoms. The first-order chi connectivity index (χ1) is 12.5. The van der Waals surface area contributed by atoms with Crippen molar-refractivity contribution in [2.45, 2.75) is 32.7 Å². The average Bonchev–Trinajstić information content (AvgIpc) is 3.09. The number of benzene rings is 1. The van der Waals surface area contributed by atoms with E-state index in [2.05, 4.69) is 20.5 Å². The second-order valence-electron chi connectivity index (χ2n) is 6.52. The van der Waals surface area contributed by atoms with E-state index >= 15 is 0 Å². The maximum absolute atomic E-state index is 13.4. The van der Waals surface area contributed by atoms with Crippen molar-refractivity contribution in [1.29, 1.82) is 0 Å². The van der Waals surface area contributed by atoms with Gasteiger partial charge in [-0.3, -0.25) is 0 Å². The first-order valence-electron chi connectivity index (χ1n) is 8.30. The van der Waals surface area contributed by atoms with E-state index in [1.165, 1.54) is 12.1 Å². The highest BCUT2D eigenvalue weighted by Crippen LogP contribution is 2.39. The largest absolute Gasteiger partial charge is 0.478 e. The Morgan fingerprint density at radius 1 is 1.27 bits per heavy atom. The predicted molar refractivity (Wildman–Crippen MR) is 91.2 cm³/mol. The number of fused-ring (bicyclic) bond motifs is 3. The van der Waals surface area contributed by atoms with Crippen molar-refractivity contribution in [1.82, 2.24) is 25.2 Å². The zero-order valence-electron chi connectivity index (χ0n) is 14.3. The van der Waals surface area contributed by atoms with Gasteiger partial charge in [-0.15, -0.1) is 5.10 Å². The lowest BCUT2D eigenvalue weighted by molar-refractivity contribution is 0.0695. The normalized spacial score (nSPS) is 12.8. The van der Waals surface area contributed by atoms with E-state index in [1.807, 2.05) is 13.8 Å². The van der Waals surface area contributed by atoms with Crippen LogP contribution in [0.3, 0.4) is 0 Å². The summed E-state index contributed by atoms with van der Waals surface area (Å²) in [6.45, 7) is 4.31. The third-order valence-corrected chi connectivity index (χ3v) is 4.54. The average molecular weight is 353 g/mol. The molecule has 0 amide bonds. The molecule has 1 aliphatic rings. The Bertz CT molecular complexity index is 1010. The molecule has 0 radical (unpaired) electrons. The molecule has 3 aromatic rings. The Balaban J connectivity index is 2.11. The molecule has 4 rings (SSSR count). The smallest absolute Gasteiger partial charge is 0.338 e. The summed E-state index contributed by atoms with van der Waals surface area (Å²) in [6.07, 6.45) is 0.547. The molecule has 1 aliphatic heterocycles. The molecule has 132 valence electrons. The fraction of sp³-hybridized carbons (Fsp3) is 0.278. The van der Waals surface area contributed by atoms with E-state index in [4.69, 9.17) is 0 Å². The molecular weight excluding hydrogens is 337 g/mol. The van der Waals surface area contributed by atoms with Crippen LogP contribution >= 0.6 is 0 Å². The Hall–Kier alpha value is -3.16. The van der Waals surface area contributed by atoms with Crippen LogP contribution in [0.4, 0.5) is 4.39 Å². The minimum absolute atomic E-state index is 0.114. The van der Waals surface area contributed by atoms with Crippen molar-refractivity contribution < 1.29 is 14.3 Å². The van der Waals surface area contributed by atoms with Crippen molar-refractivity contribution in [2.24, 2.45) is 0 Å². The van der Waals surface area contributed by atoms with Gasteiger partial charge in [-0.1, -0.05) is 26.0 Å². The standard InChI is InChI=1S/C18H16FN5O2/c1-9(2)15-14(18(25)26)13(10-3-5-11(19)6-4-10)12-7-8-24-17(16(12)20-15)21-22-23-24/h3-6,9H,7-8H2,1-2H3,(H,25,26). The molecule has 0 unspecified atom stereocenters. The minimum Gasteiger partial charge on any atom is -0.478 e. The monoisotopic (exact) mass is 353 g/mol. The lowest BCUT2D eigenvalue weighted by Crippen LogP contribution is -2.19. The number of aryl methyl sites for hydroxylation is 1. The number of hydrogen-bond acceptors (Lipinski definition) is 5. The van der Waals surface area contributed by atoms with Gasteiger partial charge in [0.25, 0.3) is 0 Å². The lowest BCUT2D eigenvalue weighted by Gasteiger charge is -2.23.